The van der Waals surface area contributed by atoms with Crippen LogP contribution in [0.3, 0.4) is 0 Å². The molecule has 0 bridgehead atoms. The first kappa shape index (κ1) is 20.1. The molecule has 5 nitrogen and oxygen atoms in total. The zero-order valence-corrected chi connectivity index (χ0v) is 17.2. The monoisotopic (exact) mass is 399 g/mol. The minimum absolute atomic E-state index is 0.0147. The molecule has 2 atom stereocenters. The Morgan fingerprint density at radius 1 is 1.17 bits per heavy atom. The van der Waals surface area contributed by atoms with E-state index in [1.807, 2.05) is 13.0 Å². The average Bonchev–Trinajstić information content (AvgIpc) is 3.30. The molecule has 1 aromatic heterocycles. The van der Waals surface area contributed by atoms with Gasteiger partial charge in [-0.15, -0.1) is 0 Å². The lowest BCUT2D eigenvalue weighted by Crippen LogP contribution is -2.41. The van der Waals surface area contributed by atoms with Crippen LogP contribution >= 0.6 is 0 Å². The van der Waals surface area contributed by atoms with Crippen LogP contribution in [0.4, 0.5) is 10.1 Å². The molecule has 2 aliphatic heterocycles. The van der Waals surface area contributed by atoms with Crippen molar-refractivity contribution < 1.29 is 13.6 Å². The normalized spacial score (nSPS) is 24.1. The number of halogens is 1. The predicted octanol–water partition coefficient (Wildman–Crippen LogP) is 3.90. The fourth-order valence-corrected chi connectivity index (χ4v) is 4.84. The van der Waals surface area contributed by atoms with Gasteiger partial charge in [0.15, 0.2) is 0 Å². The summed E-state index contributed by atoms with van der Waals surface area (Å²) >= 11 is 0. The van der Waals surface area contributed by atoms with Crippen LogP contribution in [-0.4, -0.2) is 48.4 Å². The van der Waals surface area contributed by atoms with Crippen molar-refractivity contribution in [3.05, 3.63) is 53.7 Å². The molecule has 1 N–H and O–H groups in total. The molecular formula is C23H30FN3O2. The Morgan fingerprint density at radius 3 is 2.55 bits per heavy atom. The van der Waals surface area contributed by atoms with Crippen molar-refractivity contribution >= 4 is 11.6 Å². The number of rotatable bonds is 5. The SMILES string of the molecule is Cc1ccc(CN2CCC([C@H]3C[C@@H](C(=O)Nc4ccc(F)cc4)CN3C)CC2)o1. The van der Waals surface area contributed by atoms with Crippen LogP contribution in [0.15, 0.2) is 40.8 Å². The molecule has 3 heterocycles. The summed E-state index contributed by atoms with van der Waals surface area (Å²) in [6.45, 7) is 5.78. The lowest BCUT2D eigenvalue weighted by Gasteiger charge is -2.36. The summed E-state index contributed by atoms with van der Waals surface area (Å²) < 4.78 is 18.8. The number of nitrogens with one attached hydrogen (secondary N) is 1. The molecule has 4 rings (SSSR count). The van der Waals surface area contributed by atoms with E-state index in [1.165, 1.54) is 12.1 Å². The van der Waals surface area contributed by atoms with E-state index in [0.29, 0.717) is 17.6 Å². The van der Waals surface area contributed by atoms with E-state index in [-0.39, 0.29) is 17.6 Å². The Balaban J connectivity index is 1.27. The summed E-state index contributed by atoms with van der Waals surface area (Å²) in [6, 6.07) is 10.5. The highest BCUT2D eigenvalue weighted by molar-refractivity contribution is 5.92. The Morgan fingerprint density at radius 2 is 1.90 bits per heavy atom. The van der Waals surface area contributed by atoms with E-state index >= 15 is 0 Å². The van der Waals surface area contributed by atoms with Gasteiger partial charge in [0.25, 0.3) is 0 Å². The molecule has 1 aromatic carbocycles. The number of furan rings is 1. The van der Waals surface area contributed by atoms with Gasteiger partial charge in [0.2, 0.25) is 5.91 Å². The molecule has 2 saturated heterocycles. The van der Waals surface area contributed by atoms with Crippen molar-refractivity contribution in [2.75, 3.05) is 32.0 Å². The minimum Gasteiger partial charge on any atom is -0.465 e. The molecule has 6 heteroatoms. The van der Waals surface area contributed by atoms with E-state index < -0.39 is 0 Å². The third kappa shape index (κ3) is 4.87. The van der Waals surface area contributed by atoms with E-state index in [9.17, 15) is 9.18 Å². The predicted molar refractivity (Wildman–Crippen MR) is 111 cm³/mol. The molecule has 0 saturated carbocycles. The highest BCUT2D eigenvalue weighted by atomic mass is 19.1. The first-order valence-corrected chi connectivity index (χ1v) is 10.5. The van der Waals surface area contributed by atoms with E-state index in [0.717, 1.165) is 57.0 Å². The van der Waals surface area contributed by atoms with Gasteiger partial charge in [0.05, 0.1) is 12.5 Å². The number of aryl methyl sites for hydroxylation is 1. The van der Waals surface area contributed by atoms with Crippen LogP contribution in [0, 0.1) is 24.6 Å². The maximum absolute atomic E-state index is 13.1. The van der Waals surface area contributed by atoms with Crippen molar-refractivity contribution in [3.63, 3.8) is 0 Å². The number of amides is 1. The van der Waals surface area contributed by atoms with Crippen molar-refractivity contribution in [3.8, 4) is 0 Å². The second-order valence-corrected chi connectivity index (χ2v) is 8.56. The minimum atomic E-state index is -0.294. The van der Waals surface area contributed by atoms with Crippen molar-refractivity contribution in [2.24, 2.45) is 11.8 Å². The van der Waals surface area contributed by atoms with Crippen molar-refractivity contribution in [1.29, 1.82) is 0 Å². The maximum atomic E-state index is 13.1. The first-order chi connectivity index (χ1) is 14.0. The summed E-state index contributed by atoms with van der Waals surface area (Å²) in [7, 11) is 2.13. The Hall–Kier alpha value is -2.18. The highest BCUT2D eigenvalue weighted by Gasteiger charge is 2.39. The number of anilines is 1. The molecule has 2 fully saturated rings. The molecule has 2 aliphatic rings. The van der Waals surface area contributed by atoms with Crippen LogP contribution in [0.2, 0.25) is 0 Å². The van der Waals surface area contributed by atoms with Crippen LogP contribution < -0.4 is 5.32 Å². The van der Waals surface area contributed by atoms with Crippen LogP contribution in [0.1, 0.15) is 30.8 Å². The number of hydrogen-bond donors (Lipinski definition) is 1. The lowest BCUT2D eigenvalue weighted by molar-refractivity contribution is -0.119. The third-order valence-corrected chi connectivity index (χ3v) is 6.43. The van der Waals surface area contributed by atoms with E-state index in [2.05, 4.69) is 28.2 Å². The standard InChI is InChI=1S/C23H30FN3O2/c1-16-3-8-21(29-16)15-27-11-9-17(10-12-27)22-13-18(14-26(22)2)23(28)25-20-6-4-19(24)5-7-20/h3-8,17-18,22H,9-15H2,1-2H3,(H,25,28)/t18-,22-/m1/s1. The molecule has 29 heavy (non-hydrogen) atoms. The van der Waals surface area contributed by atoms with Gasteiger partial charge in [-0.25, -0.2) is 4.39 Å². The van der Waals surface area contributed by atoms with Gasteiger partial charge >= 0.3 is 0 Å². The second-order valence-electron chi connectivity index (χ2n) is 8.56. The van der Waals surface area contributed by atoms with Crippen molar-refractivity contribution in [1.82, 2.24) is 9.80 Å². The zero-order chi connectivity index (χ0) is 20.4. The smallest absolute Gasteiger partial charge is 0.228 e. The number of hydrogen-bond acceptors (Lipinski definition) is 4. The number of carbonyl (C=O) groups is 1. The van der Waals surface area contributed by atoms with E-state index in [4.69, 9.17) is 4.42 Å². The average molecular weight is 400 g/mol. The maximum Gasteiger partial charge on any atom is 0.228 e. The Labute approximate surface area is 171 Å². The van der Waals surface area contributed by atoms with Crippen LogP contribution in [0.25, 0.3) is 0 Å². The molecule has 0 radical (unpaired) electrons. The van der Waals surface area contributed by atoms with Crippen LogP contribution in [0.5, 0.6) is 0 Å². The van der Waals surface area contributed by atoms with Gasteiger partial charge in [0.1, 0.15) is 17.3 Å². The summed E-state index contributed by atoms with van der Waals surface area (Å²) in [6.07, 6.45) is 3.20. The Kier molecular flexibility index (Phi) is 6.01. The topological polar surface area (TPSA) is 48.7 Å². The van der Waals surface area contributed by atoms with Gasteiger partial charge < -0.3 is 14.6 Å². The summed E-state index contributed by atoms with van der Waals surface area (Å²) in [5.74, 6) is 2.36. The number of benzene rings is 1. The molecule has 2 aromatic rings. The molecule has 0 aliphatic carbocycles. The fraction of sp³-hybridized carbons (Fsp3) is 0.522. The van der Waals surface area contributed by atoms with Crippen LogP contribution in [-0.2, 0) is 11.3 Å². The summed E-state index contributed by atoms with van der Waals surface area (Å²) in [5, 5.41) is 2.94. The highest BCUT2D eigenvalue weighted by Crippen LogP contribution is 2.33. The number of piperidine rings is 1. The quantitative estimate of drug-likeness (QED) is 0.829. The number of carbonyl (C=O) groups excluding carboxylic acids is 1. The summed E-state index contributed by atoms with van der Waals surface area (Å²) in [4.78, 5) is 17.5. The molecule has 0 spiro atoms. The largest absolute Gasteiger partial charge is 0.465 e. The molecular weight excluding hydrogens is 369 g/mol. The third-order valence-electron chi connectivity index (χ3n) is 6.43. The first-order valence-electron chi connectivity index (χ1n) is 10.5. The van der Waals surface area contributed by atoms with E-state index in [1.54, 1.807) is 12.1 Å². The van der Waals surface area contributed by atoms with Gasteiger partial charge in [-0.3, -0.25) is 9.69 Å². The zero-order valence-electron chi connectivity index (χ0n) is 17.2. The van der Waals surface area contributed by atoms with Gasteiger partial charge in [-0.1, -0.05) is 0 Å². The number of likely N-dealkylation sites (tertiary alicyclic amines) is 2. The Bertz CT molecular complexity index is 827. The van der Waals surface area contributed by atoms with Gasteiger partial charge in [0, 0.05) is 18.3 Å². The van der Waals surface area contributed by atoms with Gasteiger partial charge in [-0.2, -0.15) is 0 Å². The molecule has 1 amide bonds. The molecule has 156 valence electrons. The van der Waals surface area contributed by atoms with Crippen molar-refractivity contribution in [2.45, 2.75) is 38.8 Å². The molecule has 0 unspecified atom stereocenters. The van der Waals surface area contributed by atoms with Gasteiger partial charge in [-0.05, 0) is 88.6 Å². The lowest BCUT2D eigenvalue weighted by atomic mass is 9.86. The number of nitrogens with zero attached hydrogens (tertiary/aromatic N) is 2. The second kappa shape index (κ2) is 8.67. The summed E-state index contributed by atoms with van der Waals surface area (Å²) in [5.41, 5.74) is 0.656. The fourth-order valence-electron chi connectivity index (χ4n) is 4.84.